The number of hydrogen-bond acceptors (Lipinski definition) is 39. The Morgan fingerprint density at radius 3 is 1.01 bits per heavy atom. The minimum Gasteiger partial charge on any atom is -0.394 e. The standard InChI is InChI=1S/C13H14F2N2O6.C13H15FN2O6.C12H12F2N2O6.2C12H14FN3O6.C11H12FN3O6/c1-6(18)8-9(19)13(22,3-2-4-14)11(23-8)17-5-7(15)10(20)16-12(17)21;1-7-5-9(18)15-12(20)16(7)11-13(21,3-2-4-14)10(19)8(6-17)22-11;13-3-1-2-12(21)8(18)7(5-17)22-10(12)16-4-6(14)9(19)15-11(16)20;1-6(17)7-8(18)12(21,3-2-4-13)9(22-7)16-5-14-10(19)15-11(16)20;1-6(17)8-9(19)12(21,3-2-4-13)10(22-8)16-11(20)15-7(18)5-14-16;12-3-1-2-11(20)8(18)6(5-16)21-9(11)15-10(19)14-7(17)4-13-15/h5-6,8-9,11,18-19,22H,4H2,1H3,(H,16,20,21);5,8,10-11,17,19,21H,4,6H2,1H3,(H,15,18,20);4,7-8,10,17-18,21H,3,5H2,(H,15,19,20);5-9,17-18,21H,4H2,1H3,(H,15,19,20);5-6,8-10,17,19,21H,4H2,1H3,(H,15,18,20);4,6,8-9,16,18,20H,3,5H2,(H,14,17,19)/t6-,8+,9-,11+,13?;8-,10+,11-,13?;7-,8+,10-,12?;6-,7+,8-,9+,12?;6-,8+,9-,10+,12?;6-,8+,9-,11?/m011001/s1/i;6D2;5D2;;;5D2. The molecule has 0 aromatic carbocycles. The normalized spacial score (nSPS) is 32.6. The van der Waals surface area contributed by atoms with Gasteiger partial charge in [-0.1, -0.05) is 71.0 Å². The maximum Gasteiger partial charge on any atom is 0.350 e. The monoisotopic (exact) mass is 1900 g/mol. The first-order chi connectivity index (χ1) is 64.0. The predicted octanol–water partition coefficient (Wildman–Crippen LogP) is -15.1. The molecule has 6 aliphatic rings. The van der Waals surface area contributed by atoms with Gasteiger partial charge in [0.2, 0.25) is 22.8 Å². The number of aromatic nitrogens is 15. The van der Waals surface area contributed by atoms with Crippen molar-refractivity contribution in [3.63, 3.8) is 0 Å². The zero-order chi connectivity index (χ0) is 104. The molecule has 6 aromatic rings. The molecule has 132 heavy (non-hydrogen) atoms. The number of rotatable bonds is 12. The summed E-state index contributed by atoms with van der Waals surface area (Å²) in [6, 6.07) is 1.00. The largest absolute Gasteiger partial charge is 0.394 e. The lowest BCUT2D eigenvalue weighted by molar-refractivity contribution is -0.0947. The van der Waals surface area contributed by atoms with Gasteiger partial charge in [-0.15, -0.1) is 0 Å². The summed E-state index contributed by atoms with van der Waals surface area (Å²) in [6.07, 6.45) is -33.1. The fourth-order valence-electron chi connectivity index (χ4n) is 12.9. The van der Waals surface area contributed by atoms with Gasteiger partial charge in [0, 0.05) is 11.8 Å². The van der Waals surface area contributed by atoms with E-state index < -0.39 is 302 Å². The van der Waals surface area contributed by atoms with Crippen molar-refractivity contribution in [2.24, 2.45) is 0 Å². The van der Waals surface area contributed by atoms with Crippen molar-refractivity contribution in [1.82, 2.24) is 72.7 Å². The molecule has 6 saturated heterocycles. The molecule has 51 nitrogen and oxygen atoms in total. The van der Waals surface area contributed by atoms with Crippen LogP contribution in [-0.4, -0.2) is 350 Å². The average Bonchev–Trinajstić information content (AvgIpc) is 1.56. The van der Waals surface area contributed by atoms with E-state index in [9.17, 15) is 185 Å². The molecule has 6 aromatic heterocycles. The highest BCUT2D eigenvalue weighted by atomic mass is 19.2. The molecule has 12 rings (SSSR count). The van der Waals surface area contributed by atoms with Gasteiger partial charge in [-0.3, -0.25) is 72.1 Å². The minimum absolute atomic E-state index is 0.0144. The van der Waals surface area contributed by atoms with E-state index in [1.54, 1.807) is 15.9 Å². The van der Waals surface area contributed by atoms with Crippen molar-refractivity contribution in [3.8, 4) is 71.0 Å². The third kappa shape index (κ3) is 22.5. The summed E-state index contributed by atoms with van der Waals surface area (Å²) in [5.41, 5.74) is -27.7. The van der Waals surface area contributed by atoms with E-state index in [1.807, 2.05) is 73.2 Å². The Balaban J connectivity index is 0.000000225. The minimum atomic E-state index is -3.18. The Morgan fingerprint density at radius 1 is 0.402 bits per heavy atom. The highest BCUT2D eigenvalue weighted by Gasteiger charge is 2.63. The zero-order valence-electron chi connectivity index (χ0n) is 73.3. The Hall–Kier alpha value is -12.3. The summed E-state index contributed by atoms with van der Waals surface area (Å²) in [5, 5.41) is 187. The number of halogens is 8. The molecule has 0 bridgehead atoms. The van der Waals surface area contributed by atoms with E-state index in [2.05, 4.69) is 27.0 Å². The first kappa shape index (κ1) is 97.2. The molecule has 0 radical (unpaired) electrons. The van der Waals surface area contributed by atoms with Gasteiger partial charge in [-0.25, -0.2) is 59.9 Å². The molecule has 0 saturated carbocycles. The fraction of sp³-hybridized carbons (Fsp3) is 0.548. The quantitative estimate of drug-likeness (QED) is 0.0400. The summed E-state index contributed by atoms with van der Waals surface area (Å²) in [7, 11) is 0. The Morgan fingerprint density at radius 2 is 0.682 bits per heavy atom. The van der Waals surface area contributed by atoms with Gasteiger partial charge in [0.15, 0.2) is 59.8 Å². The second-order valence-corrected chi connectivity index (χ2v) is 27.8. The SMILES string of the molecule is C[C@H](O)[C@H]1O[C@@H](n2cc(F)c(=O)[nH]c2=O)C(O)(C#CCF)[C@H]1O.C[C@H](O)[C@H]1O[C@@H](n2cnc(=O)[nH]c2=O)C(O)(C#CCF)[C@H]1O.C[C@H](O)[C@H]1O[C@@H](n2ncc(=O)[nH]c2=O)C(O)(C#CCF)[C@H]1O.[2H]C([2H])(O)[C@H]1O[C@@H](n2c(C)cc(=O)[nH]c2=O)C(O)(C#CCF)[C@H]1O.[2H]C([2H])(O)[C@H]1O[C@@H](n2cc(F)c(=O)[nH]c2=O)C(O)(C#CCF)[C@H]1O.[2H]C([2H])(O)[C@H]1O[C@@H](n2ncc(=O)[nH]c2=O)C(O)(C#CCF)[C@H]1O. The number of aliphatic hydroxyl groups is 18. The van der Waals surface area contributed by atoms with E-state index in [0.29, 0.717) is 41.7 Å². The number of aliphatic hydroxyl groups excluding tert-OH is 9. The van der Waals surface area contributed by atoms with Crippen molar-refractivity contribution in [1.29, 1.82) is 0 Å². The Bertz CT molecular complexity index is 6480. The smallest absolute Gasteiger partial charge is 0.350 e. The van der Waals surface area contributed by atoms with Crippen LogP contribution in [0.2, 0.25) is 0 Å². The molecule has 24 N–H and O–H groups in total. The van der Waals surface area contributed by atoms with Crippen molar-refractivity contribution in [3.05, 3.63) is 180 Å². The molecule has 12 heterocycles. The second-order valence-electron chi connectivity index (χ2n) is 27.8. The van der Waals surface area contributed by atoms with Crippen LogP contribution >= 0.6 is 0 Å². The molecular weight excluding hydrogens is 1810 g/mol. The molecule has 59 heteroatoms. The van der Waals surface area contributed by atoms with E-state index in [1.165, 1.54) is 27.7 Å². The number of aromatic amines is 6. The van der Waals surface area contributed by atoms with Crippen LogP contribution in [0.5, 0.6) is 0 Å². The van der Waals surface area contributed by atoms with Crippen molar-refractivity contribution < 1.29 is 164 Å². The first-order valence-electron chi connectivity index (χ1n) is 39.8. The fourth-order valence-corrected chi connectivity index (χ4v) is 12.9. The second kappa shape index (κ2) is 44.8. The molecule has 0 amide bonds. The summed E-state index contributed by atoms with van der Waals surface area (Å²) in [6.45, 7) is -11.2. The number of H-pyrrole nitrogens is 6. The lowest BCUT2D eigenvalue weighted by Crippen LogP contribution is -2.49. The van der Waals surface area contributed by atoms with Crippen LogP contribution in [0.4, 0.5) is 35.1 Å². The Kier molecular flexibility index (Phi) is 33.0. The third-order valence-electron chi connectivity index (χ3n) is 19.1. The number of hydrogen-bond donors (Lipinski definition) is 24. The number of alkyl halides is 6. The molecule has 720 valence electrons. The van der Waals surface area contributed by atoms with Crippen molar-refractivity contribution in [2.75, 3.05) is 59.7 Å². The van der Waals surface area contributed by atoms with Gasteiger partial charge in [-0.2, -0.15) is 33.3 Å². The number of aryl methyl sites for hydroxylation is 1. The summed E-state index contributed by atoms with van der Waals surface area (Å²) >= 11 is 0. The summed E-state index contributed by atoms with van der Waals surface area (Å²) < 4.78 is 178. The summed E-state index contributed by atoms with van der Waals surface area (Å²) in [5.74, 6) is 20.5. The van der Waals surface area contributed by atoms with E-state index >= 15 is 0 Å². The van der Waals surface area contributed by atoms with Crippen LogP contribution < -0.4 is 67.6 Å². The summed E-state index contributed by atoms with van der Waals surface area (Å²) in [4.78, 5) is 151. The van der Waals surface area contributed by atoms with Gasteiger partial charge < -0.3 is 120 Å². The molecule has 6 fully saturated rings. The maximum atomic E-state index is 13.4. The van der Waals surface area contributed by atoms with Crippen LogP contribution in [0.15, 0.2) is 94.7 Å². The Labute approximate surface area is 735 Å². The van der Waals surface area contributed by atoms with E-state index in [0.717, 1.165) is 23.2 Å². The third-order valence-corrected chi connectivity index (χ3v) is 19.1. The van der Waals surface area contributed by atoms with Gasteiger partial charge in [0.05, 0.1) is 58.6 Å². The molecule has 0 aliphatic carbocycles. The van der Waals surface area contributed by atoms with Crippen LogP contribution in [-0.2, 0) is 28.4 Å². The zero-order valence-corrected chi connectivity index (χ0v) is 67.3. The maximum absolute atomic E-state index is 13.4. The van der Waals surface area contributed by atoms with Crippen LogP contribution in [0, 0.1) is 89.6 Å². The predicted molar refractivity (Wildman–Crippen MR) is 414 cm³/mol. The van der Waals surface area contributed by atoms with E-state index in [4.69, 9.17) is 36.6 Å². The van der Waals surface area contributed by atoms with Crippen LogP contribution in [0.1, 0.15) is 72.1 Å². The van der Waals surface area contributed by atoms with Gasteiger partial charge in [0.25, 0.3) is 27.8 Å². The van der Waals surface area contributed by atoms with Gasteiger partial charge in [-0.05, 0) is 27.7 Å². The average molecular weight is 1900 g/mol. The topological polar surface area (TPSA) is 787 Å². The van der Waals surface area contributed by atoms with Crippen molar-refractivity contribution >= 4 is 0 Å². The highest BCUT2D eigenvalue weighted by molar-refractivity contribution is 5.29. The number of nitrogens with zero attached hydrogens (tertiary/aromatic N) is 9. The van der Waals surface area contributed by atoms with Crippen molar-refractivity contribution in [2.45, 2.75) is 190 Å². The van der Waals surface area contributed by atoms with Crippen LogP contribution in [0.25, 0.3) is 0 Å². The van der Waals surface area contributed by atoms with Gasteiger partial charge >= 0.3 is 39.8 Å². The molecule has 27 atom stereocenters. The van der Waals surface area contributed by atoms with E-state index in [-0.39, 0.29) is 5.69 Å². The molecule has 0 spiro atoms. The molecular formula is C73H81F8N15O36. The lowest BCUT2D eigenvalue weighted by Gasteiger charge is -2.27. The highest BCUT2D eigenvalue weighted by Crippen LogP contribution is 2.44. The molecule has 6 aliphatic heterocycles. The van der Waals surface area contributed by atoms with Crippen LogP contribution in [0.3, 0.4) is 0 Å². The number of nitrogens with one attached hydrogen (secondary N) is 6. The molecule has 6 unspecified atom stereocenters. The van der Waals surface area contributed by atoms with Gasteiger partial charge in [0.1, 0.15) is 132 Å². The lowest BCUT2D eigenvalue weighted by atomic mass is 9.92. The number of ether oxygens (including phenoxy) is 6. The first-order valence-corrected chi connectivity index (χ1v) is 36.8.